The normalized spacial score (nSPS) is 17.2. The number of aromatic nitrogens is 1. The van der Waals surface area contributed by atoms with Gasteiger partial charge < -0.3 is 19.9 Å². The zero-order valence-corrected chi connectivity index (χ0v) is 16.5. The van der Waals surface area contributed by atoms with Crippen LogP contribution in [0.1, 0.15) is 19.8 Å². The highest BCUT2D eigenvalue weighted by Gasteiger charge is 2.22. The van der Waals surface area contributed by atoms with Crippen molar-refractivity contribution in [2.45, 2.75) is 32.4 Å². The molecule has 1 saturated heterocycles. The summed E-state index contributed by atoms with van der Waals surface area (Å²) < 4.78 is 2.25. The highest BCUT2D eigenvalue weighted by atomic mass is 16.3. The van der Waals surface area contributed by atoms with Gasteiger partial charge in [0.25, 0.3) is 0 Å². The van der Waals surface area contributed by atoms with Crippen LogP contribution in [0.4, 0.5) is 0 Å². The number of hydrogen-bond donors (Lipinski definition) is 2. The van der Waals surface area contributed by atoms with Crippen molar-refractivity contribution in [3.8, 4) is 0 Å². The predicted octanol–water partition coefficient (Wildman–Crippen LogP) is 3.00. The zero-order chi connectivity index (χ0) is 19.5. The fourth-order valence-corrected chi connectivity index (χ4v) is 4.43. The maximum Gasteiger partial charge on any atom is 0.216 e. The van der Waals surface area contributed by atoms with Crippen molar-refractivity contribution in [2.75, 3.05) is 26.2 Å². The molecule has 1 aliphatic rings. The summed E-state index contributed by atoms with van der Waals surface area (Å²) in [6.45, 7) is 5.59. The summed E-state index contributed by atoms with van der Waals surface area (Å²) in [4.78, 5) is 13.4. The Kier molecular flexibility index (Phi) is 5.64. The van der Waals surface area contributed by atoms with E-state index in [-0.39, 0.29) is 5.91 Å². The largest absolute Gasteiger partial charge is 0.390 e. The summed E-state index contributed by atoms with van der Waals surface area (Å²) >= 11 is 0. The fraction of sp³-hybridized carbons (Fsp3) is 0.435. The van der Waals surface area contributed by atoms with Gasteiger partial charge in [0.15, 0.2) is 0 Å². The monoisotopic (exact) mass is 379 g/mol. The van der Waals surface area contributed by atoms with Crippen molar-refractivity contribution in [3.05, 3.63) is 48.5 Å². The van der Waals surface area contributed by atoms with Crippen molar-refractivity contribution >= 4 is 27.7 Å². The standard InChI is InChI=1S/C23H29N3O2/c1-17(27)24-14-18-10-12-25(13-11-18)15-19(28)16-26-22-8-4-2-6-20(22)21-7-3-5-9-23(21)26/h2-9,18-19,28H,10-16H2,1H3,(H,24,27)/t19-/m1/s1. The van der Waals surface area contributed by atoms with E-state index in [1.54, 1.807) is 6.92 Å². The number of carbonyl (C=O) groups excluding carboxylic acids is 1. The number of fused-ring (bicyclic) bond motifs is 3. The number of likely N-dealkylation sites (tertiary alicyclic amines) is 1. The van der Waals surface area contributed by atoms with Gasteiger partial charge in [0.05, 0.1) is 12.6 Å². The van der Waals surface area contributed by atoms with Crippen LogP contribution in [-0.2, 0) is 11.3 Å². The number of para-hydroxylation sites is 2. The Morgan fingerprint density at radius 2 is 1.61 bits per heavy atom. The van der Waals surface area contributed by atoms with E-state index >= 15 is 0 Å². The number of rotatable bonds is 6. The van der Waals surface area contributed by atoms with Crippen LogP contribution in [-0.4, -0.2) is 52.8 Å². The maximum atomic E-state index is 11.1. The molecule has 0 radical (unpaired) electrons. The number of aliphatic hydroxyl groups excluding tert-OH is 1. The highest BCUT2D eigenvalue weighted by molar-refractivity contribution is 6.07. The molecule has 2 heterocycles. The summed E-state index contributed by atoms with van der Waals surface area (Å²) in [5.41, 5.74) is 2.36. The van der Waals surface area contributed by atoms with E-state index in [4.69, 9.17) is 0 Å². The SMILES string of the molecule is CC(=O)NCC1CCN(C[C@@H](O)Cn2c3ccccc3c3ccccc32)CC1. The van der Waals surface area contributed by atoms with Gasteiger partial charge in [0, 0.05) is 41.8 Å². The van der Waals surface area contributed by atoms with Crippen molar-refractivity contribution in [1.82, 2.24) is 14.8 Å². The van der Waals surface area contributed by atoms with E-state index in [0.29, 0.717) is 19.0 Å². The number of β-amino-alcohol motifs (C(OH)–C–C–N with tert-alkyl or cyclic N) is 1. The molecule has 0 unspecified atom stereocenters. The van der Waals surface area contributed by atoms with Crippen LogP contribution in [0.25, 0.3) is 21.8 Å². The Morgan fingerprint density at radius 1 is 1.04 bits per heavy atom. The lowest BCUT2D eigenvalue weighted by Gasteiger charge is -2.33. The molecular formula is C23H29N3O2. The Bertz CT molecular complexity index is 904. The van der Waals surface area contributed by atoms with Crippen LogP contribution in [0.5, 0.6) is 0 Å². The number of hydrogen-bond acceptors (Lipinski definition) is 3. The van der Waals surface area contributed by atoms with Crippen LogP contribution >= 0.6 is 0 Å². The number of nitrogens with one attached hydrogen (secondary N) is 1. The van der Waals surface area contributed by atoms with Gasteiger partial charge in [-0.15, -0.1) is 0 Å². The first-order valence-corrected chi connectivity index (χ1v) is 10.2. The molecule has 1 amide bonds. The minimum atomic E-state index is -0.411. The summed E-state index contributed by atoms with van der Waals surface area (Å²) in [7, 11) is 0. The number of piperidine rings is 1. The second kappa shape index (κ2) is 8.33. The molecule has 1 aromatic heterocycles. The summed E-state index contributed by atoms with van der Waals surface area (Å²) in [6.07, 6.45) is 1.73. The molecule has 0 aliphatic carbocycles. The van der Waals surface area contributed by atoms with Crippen LogP contribution in [0.2, 0.25) is 0 Å². The van der Waals surface area contributed by atoms with Crippen molar-refractivity contribution in [3.63, 3.8) is 0 Å². The molecule has 0 saturated carbocycles. The van der Waals surface area contributed by atoms with Gasteiger partial charge in [-0.25, -0.2) is 0 Å². The molecule has 4 rings (SSSR count). The lowest BCUT2D eigenvalue weighted by molar-refractivity contribution is -0.119. The lowest BCUT2D eigenvalue weighted by atomic mass is 9.96. The Balaban J connectivity index is 1.41. The van der Waals surface area contributed by atoms with Crippen molar-refractivity contribution in [1.29, 1.82) is 0 Å². The summed E-state index contributed by atoms with van der Waals surface area (Å²) in [5, 5.41) is 16.2. The van der Waals surface area contributed by atoms with E-state index in [1.165, 1.54) is 21.8 Å². The summed E-state index contributed by atoms with van der Waals surface area (Å²) in [5.74, 6) is 0.596. The molecule has 3 aromatic rings. The molecule has 28 heavy (non-hydrogen) atoms. The molecule has 2 aromatic carbocycles. The first kappa shape index (κ1) is 19.0. The van der Waals surface area contributed by atoms with Gasteiger partial charge in [-0.3, -0.25) is 4.79 Å². The van der Waals surface area contributed by atoms with Crippen LogP contribution in [0.15, 0.2) is 48.5 Å². The first-order valence-electron chi connectivity index (χ1n) is 10.2. The van der Waals surface area contributed by atoms with Gasteiger partial charge in [-0.1, -0.05) is 36.4 Å². The Morgan fingerprint density at radius 3 is 2.18 bits per heavy atom. The molecule has 2 N–H and O–H groups in total. The maximum absolute atomic E-state index is 11.1. The van der Waals surface area contributed by atoms with Gasteiger partial charge in [-0.2, -0.15) is 0 Å². The van der Waals surface area contributed by atoms with Gasteiger partial charge in [0.2, 0.25) is 5.91 Å². The third-order valence-corrected chi connectivity index (χ3v) is 5.89. The van der Waals surface area contributed by atoms with Crippen LogP contribution in [0, 0.1) is 5.92 Å². The number of benzene rings is 2. The third-order valence-electron chi connectivity index (χ3n) is 5.89. The van der Waals surface area contributed by atoms with E-state index in [9.17, 15) is 9.90 Å². The van der Waals surface area contributed by atoms with Crippen molar-refractivity contribution < 1.29 is 9.90 Å². The average Bonchev–Trinajstić information content (AvgIpc) is 3.02. The third kappa shape index (κ3) is 4.05. The van der Waals surface area contributed by atoms with Crippen LogP contribution in [0.3, 0.4) is 0 Å². The van der Waals surface area contributed by atoms with Gasteiger partial charge in [0.1, 0.15) is 0 Å². The minimum Gasteiger partial charge on any atom is -0.390 e. The molecule has 148 valence electrons. The van der Waals surface area contributed by atoms with E-state index < -0.39 is 6.10 Å². The number of carbonyl (C=O) groups is 1. The molecular weight excluding hydrogens is 350 g/mol. The topological polar surface area (TPSA) is 57.5 Å². The molecule has 5 heteroatoms. The fourth-order valence-electron chi connectivity index (χ4n) is 4.43. The molecule has 0 spiro atoms. The molecule has 0 bridgehead atoms. The van der Waals surface area contributed by atoms with E-state index in [2.05, 4.69) is 63.3 Å². The summed E-state index contributed by atoms with van der Waals surface area (Å²) in [6, 6.07) is 16.8. The Hall–Kier alpha value is -2.37. The first-order chi connectivity index (χ1) is 13.6. The number of amides is 1. The zero-order valence-electron chi connectivity index (χ0n) is 16.5. The smallest absolute Gasteiger partial charge is 0.216 e. The van der Waals surface area contributed by atoms with E-state index in [0.717, 1.165) is 32.5 Å². The predicted molar refractivity (Wildman–Crippen MR) is 113 cm³/mol. The van der Waals surface area contributed by atoms with E-state index in [1.807, 2.05) is 0 Å². The molecule has 1 fully saturated rings. The number of nitrogens with zero attached hydrogens (tertiary/aromatic N) is 2. The number of aliphatic hydroxyl groups is 1. The quantitative estimate of drug-likeness (QED) is 0.692. The highest BCUT2D eigenvalue weighted by Crippen LogP contribution is 2.29. The van der Waals surface area contributed by atoms with Gasteiger partial charge >= 0.3 is 0 Å². The second-order valence-corrected chi connectivity index (χ2v) is 7.98. The molecule has 1 aliphatic heterocycles. The van der Waals surface area contributed by atoms with Gasteiger partial charge in [-0.05, 0) is 44.0 Å². The molecule has 5 nitrogen and oxygen atoms in total. The minimum absolute atomic E-state index is 0.0454. The average molecular weight is 380 g/mol. The van der Waals surface area contributed by atoms with Crippen LogP contribution < -0.4 is 5.32 Å². The molecule has 1 atom stereocenters. The Labute approximate surface area is 165 Å². The second-order valence-electron chi connectivity index (χ2n) is 7.98. The lowest BCUT2D eigenvalue weighted by Crippen LogP contribution is -2.42. The van der Waals surface area contributed by atoms with Crippen molar-refractivity contribution in [2.24, 2.45) is 5.92 Å².